The van der Waals surface area contributed by atoms with E-state index in [1.165, 1.54) is 6.07 Å². The van der Waals surface area contributed by atoms with Gasteiger partial charge in [-0.05, 0) is 30.4 Å². The lowest BCUT2D eigenvalue weighted by molar-refractivity contribution is -0.137. The van der Waals surface area contributed by atoms with Crippen LogP contribution in [0.15, 0.2) is 24.3 Å². The number of hydrogen-bond acceptors (Lipinski definition) is 2. The van der Waals surface area contributed by atoms with E-state index in [0.717, 1.165) is 12.1 Å². The van der Waals surface area contributed by atoms with Crippen LogP contribution in [0.25, 0.3) is 0 Å². The summed E-state index contributed by atoms with van der Waals surface area (Å²) >= 11 is 0. The Morgan fingerprint density at radius 2 is 2.05 bits per heavy atom. The van der Waals surface area contributed by atoms with Gasteiger partial charge in [0.05, 0.1) is 11.7 Å². The van der Waals surface area contributed by atoms with Gasteiger partial charge in [-0.2, -0.15) is 13.2 Å². The average molecular weight is 317 g/mol. The molecule has 0 aliphatic rings. The molecule has 22 heavy (non-hydrogen) atoms. The molecule has 1 rings (SSSR count). The van der Waals surface area contributed by atoms with E-state index < -0.39 is 17.8 Å². The molecule has 0 heterocycles. The Morgan fingerprint density at radius 3 is 2.64 bits per heavy atom. The van der Waals surface area contributed by atoms with Crippen LogP contribution in [0.3, 0.4) is 0 Å². The lowest BCUT2D eigenvalue weighted by Gasteiger charge is -2.15. The van der Waals surface area contributed by atoms with Crippen molar-refractivity contribution in [3.05, 3.63) is 35.4 Å². The predicted octanol–water partition coefficient (Wildman–Crippen LogP) is 3.48. The van der Waals surface area contributed by atoms with E-state index in [9.17, 15) is 23.1 Å². The Balaban J connectivity index is 2.54. The zero-order chi connectivity index (χ0) is 16.8. The minimum absolute atomic E-state index is 0.115. The molecule has 0 fully saturated rings. The van der Waals surface area contributed by atoms with Crippen LogP contribution in [0, 0.1) is 0 Å². The number of rotatable bonds is 7. The molecule has 2 unspecified atom stereocenters. The Bertz CT molecular complexity index is 489. The van der Waals surface area contributed by atoms with Gasteiger partial charge in [0.1, 0.15) is 0 Å². The fourth-order valence-electron chi connectivity index (χ4n) is 2.07. The minimum Gasteiger partial charge on any atom is -0.393 e. The second kappa shape index (κ2) is 8.17. The van der Waals surface area contributed by atoms with E-state index in [4.69, 9.17) is 0 Å². The van der Waals surface area contributed by atoms with Crippen LogP contribution in [0.2, 0.25) is 0 Å². The van der Waals surface area contributed by atoms with E-state index in [0.29, 0.717) is 24.9 Å². The first-order valence-corrected chi connectivity index (χ1v) is 7.36. The maximum absolute atomic E-state index is 12.7. The zero-order valence-corrected chi connectivity index (χ0v) is 12.8. The number of nitrogens with one attached hydrogen (secondary N) is 1. The van der Waals surface area contributed by atoms with Crippen molar-refractivity contribution < 1.29 is 23.1 Å². The number of carbonyl (C=O) groups is 1. The van der Waals surface area contributed by atoms with Gasteiger partial charge in [0.2, 0.25) is 5.91 Å². The maximum atomic E-state index is 12.7. The van der Waals surface area contributed by atoms with Gasteiger partial charge in [-0.3, -0.25) is 4.79 Å². The molecule has 0 saturated carbocycles. The van der Waals surface area contributed by atoms with Gasteiger partial charge in [0, 0.05) is 13.0 Å². The van der Waals surface area contributed by atoms with Crippen molar-refractivity contribution in [1.82, 2.24) is 5.32 Å². The fourth-order valence-corrected chi connectivity index (χ4v) is 2.07. The molecule has 0 bridgehead atoms. The van der Waals surface area contributed by atoms with Crippen molar-refractivity contribution in [3.63, 3.8) is 0 Å². The highest BCUT2D eigenvalue weighted by Gasteiger charge is 2.30. The first-order chi connectivity index (χ1) is 10.2. The maximum Gasteiger partial charge on any atom is 0.416 e. The van der Waals surface area contributed by atoms with Gasteiger partial charge in [-0.25, -0.2) is 0 Å². The van der Waals surface area contributed by atoms with E-state index in [2.05, 4.69) is 5.32 Å². The molecule has 3 nitrogen and oxygen atoms in total. The number of carbonyl (C=O) groups excluding carboxylic acids is 1. The molecule has 124 valence electrons. The molecule has 1 amide bonds. The molecular weight excluding hydrogens is 295 g/mol. The average Bonchev–Trinajstić information content (AvgIpc) is 2.46. The molecule has 0 radical (unpaired) electrons. The zero-order valence-electron chi connectivity index (χ0n) is 12.8. The summed E-state index contributed by atoms with van der Waals surface area (Å²) in [5, 5.41) is 12.1. The normalized spacial score (nSPS) is 14.5. The van der Waals surface area contributed by atoms with E-state index in [-0.39, 0.29) is 18.2 Å². The molecule has 2 N–H and O–H groups in total. The van der Waals surface area contributed by atoms with Gasteiger partial charge in [0.15, 0.2) is 0 Å². The number of halogens is 3. The van der Waals surface area contributed by atoms with Crippen molar-refractivity contribution in [2.75, 3.05) is 6.54 Å². The largest absolute Gasteiger partial charge is 0.416 e. The first kappa shape index (κ1) is 18.5. The summed E-state index contributed by atoms with van der Waals surface area (Å²) in [6, 6.07) is 5.04. The number of aliphatic hydroxyl groups excluding tert-OH is 1. The Hall–Kier alpha value is -1.56. The second-order valence-electron chi connectivity index (χ2n) is 5.43. The van der Waals surface area contributed by atoms with Crippen molar-refractivity contribution in [2.24, 2.45) is 0 Å². The number of aliphatic hydroxyl groups is 1. The van der Waals surface area contributed by atoms with Crippen LogP contribution in [-0.4, -0.2) is 23.7 Å². The first-order valence-electron chi connectivity index (χ1n) is 7.36. The topological polar surface area (TPSA) is 49.3 Å². The predicted molar refractivity (Wildman–Crippen MR) is 78.4 cm³/mol. The van der Waals surface area contributed by atoms with Crippen LogP contribution in [0.5, 0.6) is 0 Å². The quantitative estimate of drug-likeness (QED) is 0.809. The molecule has 0 spiro atoms. The van der Waals surface area contributed by atoms with Gasteiger partial charge >= 0.3 is 6.18 Å². The number of amides is 1. The summed E-state index contributed by atoms with van der Waals surface area (Å²) in [6.07, 6.45) is -3.62. The third-order valence-electron chi connectivity index (χ3n) is 3.55. The molecule has 0 aliphatic carbocycles. The highest BCUT2D eigenvalue weighted by Crippen LogP contribution is 2.31. The summed E-state index contributed by atoms with van der Waals surface area (Å²) in [5.74, 6) is -0.536. The van der Waals surface area contributed by atoms with E-state index in [1.807, 2.05) is 6.92 Å². The Labute approximate surface area is 128 Å². The van der Waals surface area contributed by atoms with Crippen LogP contribution in [0.4, 0.5) is 13.2 Å². The monoisotopic (exact) mass is 317 g/mol. The van der Waals surface area contributed by atoms with Gasteiger partial charge in [-0.15, -0.1) is 0 Å². The molecule has 1 aromatic rings. The van der Waals surface area contributed by atoms with Crippen LogP contribution < -0.4 is 5.32 Å². The Kier molecular flexibility index (Phi) is 6.87. The number of hydrogen-bond donors (Lipinski definition) is 2. The van der Waals surface area contributed by atoms with Crippen molar-refractivity contribution >= 4 is 5.91 Å². The Morgan fingerprint density at radius 1 is 1.36 bits per heavy atom. The standard InChI is InChI=1S/C16H22F3NO2/c1-3-14(21)7-8-20-15(22)9-11(2)12-5-4-6-13(10-12)16(17,18)19/h4-6,10-11,14,21H,3,7-9H2,1-2H3,(H,20,22). The molecule has 0 aliphatic heterocycles. The van der Waals surface area contributed by atoms with E-state index in [1.54, 1.807) is 13.0 Å². The summed E-state index contributed by atoms with van der Waals surface area (Å²) in [4.78, 5) is 11.8. The molecule has 6 heteroatoms. The highest BCUT2D eigenvalue weighted by molar-refractivity contribution is 5.76. The summed E-state index contributed by atoms with van der Waals surface area (Å²) in [5.41, 5.74) is -0.220. The smallest absolute Gasteiger partial charge is 0.393 e. The summed E-state index contributed by atoms with van der Waals surface area (Å²) in [6.45, 7) is 3.93. The molecule has 0 aromatic heterocycles. The van der Waals surface area contributed by atoms with Gasteiger partial charge < -0.3 is 10.4 Å². The number of alkyl halides is 3. The lowest BCUT2D eigenvalue weighted by atomic mass is 9.95. The van der Waals surface area contributed by atoms with Crippen LogP contribution >= 0.6 is 0 Å². The van der Waals surface area contributed by atoms with Crippen molar-refractivity contribution in [3.8, 4) is 0 Å². The van der Waals surface area contributed by atoms with Crippen molar-refractivity contribution in [1.29, 1.82) is 0 Å². The van der Waals surface area contributed by atoms with Crippen LogP contribution in [-0.2, 0) is 11.0 Å². The van der Waals surface area contributed by atoms with E-state index >= 15 is 0 Å². The SMILES string of the molecule is CCC(O)CCNC(=O)CC(C)c1cccc(C(F)(F)F)c1. The summed E-state index contributed by atoms with van der Waals surface area (Å²) in [7, 11) is 0. The van der Waals surface area contributed by atoms with Gasteiger partial charge in [-0.1, -0.05) is 32.0 Å². The molecule has 0 saturated heterocycles. The third-order valence-corrected chi connectivity index (χ3v) is 3.55. The number of benzene rings is 1. The molecular formula is C16H22F3NO2. The lowest BCUT2D eigenvalue weighted by Crippen LogP contribution is -2.27. The fraction of sp³-hybridized carbons (Fsp3) is 0.562. The highest BCUT2D eigenvalue weighted by atomic mass is 19.4. The molecule has 1 aromatic carbocycles. The minimum atomic E-state index is -4.38. The second-order valence-corrected chi connectivity index (χ2v) is 5.43. The van der Waals surface area contributed by atoms with Gasteiger partial charge in [0.25, 0.3) is 0 Å². The summed E-state index contributed by atoms with van der Waals surface area (Å²) < 4.78 is 38.0. The molecule has 2 atom stereocenters. The van der Waals surface area contributed by atoms with Crippen molar-refractivity contribution in [2.45, 2.75) is 51.3 Å². The third kappa shape index (κ3) is 6.05. The van der Waals surface area contributed by atoms with Crippen LogP contribution in [0.1, 0.15) is 50.2 Å².